The summed E-state index contributed by atoms with van der Waals surface area (Å²) in [6.45, 7) is 6.38. The van der Waals surface area contributed by atoms with Gasteiger partial charge in [0.1, 0.15) is 5.82 Å². The molecule has 0 saturated carbocycles. The molecule has 0 spiro atoms. The smallest absolute Gasteiger partial charge is 0.233 e. The molecular formula is C20H22N4OS. The van der Waals surface area contributed by atoms with E-state index in [0.29, 0.717) is 6.54 Å². The van der Waals surface area contributed by atoms with Gasteiger partial charge in [0.2, 0.25) is 5.91 Å². The zero-order valence-electron chi connectivity index (χ0n) is 15.1. The normalized spacial score (nSPS) is 12.0. The Balaban J connectivity index is 1.71. The highest BCUT2D eigenvalue weighted by atomic mass is 32.2. The fourth-order valence-electron chi connectivity index (χ4n) is 2.65. The van der Waals surface area contributed by atoms with E-state index in [0.717, 1.165) is 27.8 Å². The van der Waals surface area contributed by atoms with Crippen molar-refractivity contribution in [3.63, 3.8) is 0 Å². The maximum Gasteiger partial charge on any atom is 0.233 e. The van der Waals surface area contributed by atoms with Gasteiger partial charge >= 0.3 is 0 Å². The zero-order chi connectivity index (χ0) is 18.5. The molecule has 0 aliphatic heterocycles. The molecule has 1 heterocycles. The van der Waals surface area contributed by atoms with Crippen LogP contribution in [-0.2, 0) is 11.3 Å². The minimum atomic E-state index is -0.273. The van der Waals surface area contributed by atoms with E-state index in [1.54, 1.807) is 0 Å². The number of carbonyl (C=O) groups is 1. The molecule has 3 aromatic rings. The van der Waals surface area contributed by atoms with Gasteiger partial charge in [0.25, 0.3) is 0 Å². The molecular weight excluding hydrogens is 344 g/mol. The van der Waals surface area contributed by atoms with E-state index in [9.17, 15) is 4.79 Å². The molecule has 0 aliphatic rings. The summed E-state index contributed by atoms with van der Waals surface area (Å²) in [6, 6.07) is 18.0. The van der Waals surface area contributed by atoms with E-state index >= 15 is 0 Å². The number of hydrogen-bond donors (Lipinski definition) is 1. The van der Waals surface area contributed by atoms with Crippen LogP contribution in [0.25, 0.3) is 5.69 Å². The van der Waals surface area contributed by atoms with Gasteiger partial charge in [-0.3, -0.25) is 9.36 Å². The predicted octanol–water partition coefficient (Wildman–Crippen LogP) is 3.68. The number of rotatable bonds is 6. The summed E-state index contributed by atoms with van der Waals surface area (Å²) in [4.78, 5) is 12.5. The average molecular weight is 366 g/mol. The van der Waals surface area contributed by atoms with Crippen LogP contribution in [0.2, 0.25) is 0 Å². The Morgan fingerprint density at radius 3 is 2.50 bits per heavy atom. The molecule has 0 saturated heterocycles. The van der Waals surface area contributed by atoms with Crippen LogP contribution in [0, 0.1) is 13.8 Å². The number of thioether (sulfide) groups is 1. The van der Waals surface area contributed by atoms with Crippen molar-refractivity contribution in [3.8, 4) is 5.69 Å². The largest absolute Gasteiger partial charge is 0.351 e. The number of nitrogens with zero attached hydrogens (tertiary/aromatic N) is 3. The molecule has 0 bridgehead atoms. The van der Waals surface area contributed by atoms with Crippen molar-refractivity contribution in [2.24, 2.45) is 0 Å². The molecule has 6 heteroatoms. The van der Waals surface area contributed by atoms with Crippen molar-refractivity contribution >= 4 is 17.7 Å². The van der Waals surface area contributed by atoms with Crippen LogP contribution in [-0.4, -0.2) is 25.9 Å². The summed E-state index contributed by atoms with van der Waals surface area (Å²) >= 11 is 1.42. The third-order valence-corrected chi connectivity index (χ3v) is 5.16. The van der Waals surface area contributed by atoms with E-state index in [1.807, 2.05) is 66.9 Å². The lowest BCUT2D eigenvalue weighted by molar-refractivity contribution is -0.120. The van der Waals surface area contributed by atoms with Crippen molar-refractivity contribution in [1.29, 1.82) is 0 Å². The number of para-hydroxylation sites is 1. The maximum absolute atomic E-state index is 12.5. The topological polar surface area (TPSA) is 59.8 Å². The molecule has 1 amide bonds. The van der Waals surface area contributed by atoms with Crippen LogP contribution in [0.5, 0.6) is 0 Å². The maximum atomic E-state index is 12.5. The van der Waals surface area contributed by atoms with Crippen LogP contribution in [0.4, 0.5) is 0 Å². The van der Waals surface area contributed by atoms with Gasteiger partial charge in [-0.2, -0.15) is 0 Å². The number of amides is 1. The average Bonchev–Trinajstić information content (AvgIpc) is 3.01. The first-order chi connectivity index (χ1) is 12.6. The highest BCUT2D eigenvalue weighted by Crippen LogP contribution is 2.27. The van der Waals surface area contributed by atoms with Gasteiger partial charge in [-0.15, -0.1) is 10.2 Å². The quantitative estimate of drug-likeness (QED) is 0.676. The van der Waals surface area contributed by atoms with Gasteiger partial charge in [0.05, 0.1) is 10.9 Å². The molecule has 5 nitrogen and oxygen atoms in total. The summed E-state index contributed by atoms with van der Waals surface area (Å²) in [5.41, 5.74) is 3.25. The zero-order valence-corrected chi connectivity index (χ0v) is 16.0. The summed E-state index contributed by atoms with van der Waals surface area (Å²) in [7, 11) is 0. The second-order valence-corrected chi connectivity index (χ2v) is 7.42. The van der Waals surface area contributed by atoms with Crippen LogP contribution < -0.4 is 5.32 Å². The number of hydrogen-bond acceptors (Lipinski definition) is 4. The highest BCUT2D eigenvalue weighted by Gasteiger charge is 2.20. The van der Waals surface area contributed by atoms with Crippen molar-refractivity contribution in [3.05, 3.63) is 71.5 Å². The van der Waals surface area contributed by atoms with E-state index in [1.165, 1.54) is 11.8 Å². The van der Waals surface area contributed by atoms with E-state index < -0.39 is 0 Å². The summed E-state index contributed by atoms with van der Waals surface area (Å²) < 4.78 is 2.00. The Morgan fingerprint density at radius 1 is 1.08 bits per heavy atom. The standard InChI is InChI=1S/C20H22N4OS/c1-14-9-7-8-12-18(14)24-16(3)22-23-20(24)26-15(2)19(25)21-13-17-10-5-4-6-11-17/h4-12,15H,13H2,1-3H3,(H,21,25). The van der Waals surface area contributed by atoms with Crippen LogP contribution >= 0.6 is 11.8 Å². The molecule has 0 fully saturated rings. The molecule has 2 aromatic carbocycles. The van der Waals surface area contributed by atoms with E-state index in [-0.39, 0.29) is 11.2 Å². The van der Waals surface area contributed by atoms with Crippen molar-refractivity contribution in [2.75, 3.05) is 0 Å². The number of nitrogens with one attached hydrogen (secondary N) is 1. The second kappa shape index (κ2) is 8.19. The Morgan fingerprint density at radius 2 is 1.77 bits per heavy atom. The lowest BCUT2D eigenvalue weighted by atomic mass is 10.2. The molecule has 0 aliphatic carbocycles. The third kappa shape index (κ3) is 4.14. The number of aryl methyl sites for hydroxylation is 2. The number of carbonyl (C=O) groups excluding carboxylic acids is 1. The fraction of sp³-hybridized carbons (Fsp3) is 0.250. The van der Waals surface area contributed by atoms with E-state index in [2.05, 4.69) is 28.5 Å². The van der Waals surface area contributed by atoms with Gasteiger partial charge in [-0.05, 0) is 38.0 Å². The summed E-state index contributed by atoms with van der Waals surface area (Å²) in [5.74, 6) is 0.787. The molecule has 0 radical (unpaired) electrons. The molecule has 1 aromatic heterocycles. The van der Waals surface area contributed by atoms with Gasteiger partial charge < -0.3 is 5.32 Å². The monoisotopic (exact) mass is 366 g/mol. The predicted molar refractivity (Wildman–Crippen MR) is 104 cm³/mol. The molecule has 3 rings (SSSR count). The number of aromatic nitrogens is 3. The van der Waals surface area contributed by atoms with Gasteiger partial charge in [0.15, 0.2) is 5.16 Å². The van der Waals surface area contributed by atoms with Gasteiger partial charge in [-0.1, -0.05) is 60.3 Å². The molecule has 134 valence electrons. The van der Waals surface area contributed by atoms with E-state index in [4.69, 9.17) is 0 Å². The minimum Gasteiger partial charge on any atom is -0.351 e. The van der Waals surface area contributed by atoms with Crippen LogP contribution in [0.1, 0.15) is 23.9 Å². The molecule has 1 unspecified atom stereocenters. The Kier molecular flexibility index (Phi) is 5.73. The van der Waals surface area contributed by atoms with Gasteiger partial charge in [-0.25, -0.2) is 0 Å². The van der Waals surface area contributed by atoms with Gasteiger partial charge in [0, 0.05) is 6.54 Å². The summed E-state index contributed by atoms with van der Waals surface area (Å²) in [6.07, 6.45) is 0. The minimum absolute atomic E-state index is 0.0177. The molecule has 26 heavy (non-hydrogen) atoms. The first-order valence-corrected chi connectivity index (χ1v) is 9.40. The SMILES string of the molecule is Cc1ccccc1-n1c(C)nnc1SC(C)C(=O)NCc1ccccc1. The Labute approximate surface area is 157 Å². The lowest BCUT2D eigenvalue weighted by Crippen LogP contribution is -2.30. The first-order valence-electron chi connectivity index (χ1n) is 8.52. The Bertz CT molecular complexity index is 892. The summed E-state index contributed by atoms with van der Waals surface area (Å²) in [5, 5.41) is 11.9. The van der Waals surface area contributed by atoms with Crippen molar-refractivity contribution in [1.82, 2.24) is 20.1 Å². The molecule has 1 N–H and O–H groups in total. The number of benzene rings is 2. The van der Waals surface area contributed by atoms with Crippen molar-refractivity contribution in [2.45, 2.75) is 37.7 Å². The molecule has 1 atom stereocenters. The fourth-order valence-corrected chi connectivity index (χ4v) is 3.58. The van der Waals surface area contributed by atoms with Crippen molar-refractivity contribution < 1.29 is 4.79 Å². The third-order valence-electron chi connectivity index (χ3n) is 4.11. The lowest BCUT2D eigenvalue weighted by Gasteiger charge is -2.14. The van der Waals surface area contributed by atoms with Crippen LogP contribution in [0.15, 0.2) is 59.8 Å². The van der Waals surface area contributed by atoms with Crippen LogP contribution in [0.3, 0.4) is 0 Å². The second-order valence-electron chi connectivity index (χ2n) is 6.12. The highest BCUT2D eigenvalue weighted by molar-refractivity contribution is 8.00. The first kappa shape index (κ1) is 18.2. The Hall–Kier alpha value is -2.60.